The number of carbonyl (C=O) groups excluding carboxylic acids is 1. The van der Waals surface area contributed by atoms with Crippen LogP contribution < -0.4 is 10.5 Å². The smallest absolute Gasteiger partial charge is 0.270 e. The van der Waals surface area contributed by atoms with Crippen LogP contribution in [0.1, 0.15) is 15.9 Å². The van der Waals surface area contributed by atoms with Gasteiger partial charge in [0.2, 0.25) is 5.91 Å². The number of benzene rings is 3. The first-order valence-corrected chi connectivity index (χ1v) is 8.96. The summed E-state index contributed by atoms with van der Waals surface area (Å²) >= 11 is 0. The number of nitro benzene ring substituents is 1. The lowest BCUT2D eigenvalue weighted by Gasteiger charge is -2.08. The lowest BCUT2D eigenvalue weighted by Crippen LogP contribution is -2.12. The summed E-state index contributed by atoms with van der Waals surface area (Å²) in [5.74, 6) is -1.82. The number of H-pyrrole nitrogens is 1. The average Bonchev–Trinajstić information content (AvgIpc) is 3.14. The molecule has 0 fully saturated rings. The summed E-state index contributed by atoms with van der Waals surface area (Å²) in [4.78, 5) is 22.4. The van der Waals surface area contributed by atoms with Gasteiger partial charge in [0.1, 0.15) is 29.7 Å². The fourth-order valence-electron chi connectivity index (χ4n) is 3.21. The Kier molecular flexibility index (Phi) is 5.04. The molecule has 0 bridgehead atoms. The average molecular weight is 424 g/mol. The summed E-state index contributed by atoms with van der Waals surface area (Å²) in [6, 6.07) is 11.7. The Labute approximate surface area is 173 Å². The van der Waals surface area contributed by atoms with E-state index in [1.807, 2.05) is 0 Å². The van der Waals surface area contributed by atoms with Crippen molar-refractivity contribution in [1.82, 2.24) is 10.2 Å². The molecule has 0 aliphatic carbocycles. The van der Waals surface area contributed by atoms with Crippen molar-refractivity contribution in [1.29, 1.82) is 0 Å². The van der Waals surface area contributed by atoms with Gasteiger partial charge in [0, 0.05) is 34.7 Å². The zero-order chi connectivity index (χ0) is 22.1. The maximum absolute atomic E-state index is 13.4. The Morgan fingerprint density at radius 1 is 1.10 bits per heavy atom. The van der Waals surface area contributed by atoms with Crippen LogP contribution in [0.25, 0.3) is 22.2 Å². The SMILES string of the molecule is NC(=O)c1ccc([N+](=O)[O-])cc1-c1n[nH]c2ccc(OCc3cc(F)cc(F)c3)cc12. The number of nitro groups is 1. The van der Waals surface area contributed by atoms with E-state index in [0.29, 0.717) is 22.2 Å². The highest BCUT2D eigenvalue weighted by Crippen LogP contribution is 2.33. The van der Waals surface area contributed by atoms with Crippen molar-refractivity contribution < 1.29 is 23.2 Å². The number of hydrogen-bond acceptors (Lipinski definition) is 5. The summed E-state index contributed by atoms with van der Waals surface area (Å²) in [6.45, 7) is -0.0866. The molecule has 0 aliphatic rings. The Morgan fingerprint density at radius 3 is 2.52 bits per heavy atom. The predicted octanol–water partition coefficient (Wildman–Crippen LogP) is 4.09. The normalized spacial score (nSPS) is 10.9. The molecule has 10 heteroatoms. The quantitative estimate of drug-likeness (QED) is 0.356. The molecule has 3 N–H and O–H groups in total. The highest BCUT2D eigenvalue weighted by atomic mass is 19.1. The molecular weight excluding hydrogens is 410 g/mol. The highest BCUT2D eigenvalue weighted by Gasteiger charge is 2.20. The van der Waals surface area contributed by atoms with Gasteiger partial charge in [0.15, 0.2) is 0 Å². The van der Waals surface area contributed by atoms with E-state index in [0.717, 1.165) is 18.2 Å². The Morgan fingerprint density at radius 2 is 1.84 bits per heavy atom. The van der Waals surface area contributed by atoms with Gasteiger partial charge < -0.3 is 10.5 Å². The van der Waals surface area contributed by atoms with Crippen LogP contribution in [0.2, 0.25) is 0 Å². The van der Waals surface area contributed by atoms with Gasteiger partial charge in [0.05, 0.1) is 10.4 Å². The lowest BCUT2D eigenvalue weighted by molar-refractivity contribution is -0.384. The van der Waals surface area contributed by atoms with Crippen LogP contribution in [0.5, 0.6) is 5.75 Å². The molecule has 0 unspecified atom stereocenters. The van der Waals surface area contributed by atoms with Crippen LogP contribution >= 0.6 is 0 Å². The van der Waals surface area contributed by atoms with Crippen LogP contribution in [-0.4, -0.2) is 21.0 Å². The molecular formula is C21H14F2N4O4. The number of amides is 1. The van der Waals surface area contributed by atoms with Crippen molar-refractivity contribution in [3.05, 3.63) is 87.5 Å². The molecule has 0 spiro atoms. The second-order valence-corrected chi connectivity index (χ2v) is 6.70. The van der Waals surface area contributed by atoms with Gasteiger partial charge in [-0.25, -0.2) is 8.78 Å². The number of rotatable bonds is 6. The first kappa shape index (κ1) is 20.0. The van der Waals surface area contributed by atoms with E-state index in [1.165, 1.54) is 18.2 Å². The monoisotopic (exact) mass is 424 g/mol. The van der Waals surface area contributed by atoms with Gasteiger partial charge in [-0.1, -0.05) is 0 Å². The van der Waals surface area contributed by atoms with Gasteiger partial charge in [-0.15, -0.1) is 0 Å². The molecule has 156 valence electrons. The summed E-state index contributed by atoms with van der Waals surface area (Å²) in [6.07, 6.45) is 0. The standard InChI is InChI=1S/C21H14F2N4O4/c22-12-5-11(6-13(23)7-12)10-31-15-2-4-19-18(9-15)20(26-25-19)17-8-14(27(29)30)1-3-16(17)21(24)28/h1-9H,10H2,(H2,24,28)(H,25,26). The predicted molar refractivity (Wildman–Crippen MR) is 107 cm³/mol. The van der Waals surface area contributed by atoms with Gasteiger partial charge >= 0.3 is 0 Å². The topological polar surface area (TPSA) is 124 Å². The number of nitrogens with zero attached hydrogens (tertiary/aromatic N) is 2. The lowest BCUT2D eigenvalue weighted by atomic mass is 10.0. The zero-order valence-corrected chi connectivity index (χ0v) is 15.8. The molecule has 0 radical (unpaired) electrons. The second-order valence-electron chi connectivity index (χ2n) is 6.70. The Bertz CT molecular complexity index is 1320. The van der Waals surface area contributed by atoms with Crippen LogP contribution in [0.3, 0.4) is 0 Å². The Balaban J connectivity index is 1.73. The third-order valence-corrected chi connectivity index (χ3v) is 4.60. The number of aromatic nitrogens is 2. The fraction of sp³-hybridized carbons (Fsp3) is 0.0476. The molecule has 1 amide bonds. The second kappa shape index (κ2) is 7.82. The van der Waals surface area contributed by atoms with Crippen molar-refractivity contribution in [3.63, 3.8) is 0 Å². The minimum absolute atomic E-state index is 0.0700. The zero-order valence-electron chi connectivity index (χ0n) is 15.8. The largest absolute Gasteiger partial charge is 0.489 e. The van der Waals surface area contributed by atoms with Gasteiger partial charge in [0.25, 0.3) is 5.69 Å². The van der Waals surface area contributed by atoms with E-state index < -0.39 is 22.5 Å². The van der Waals surface area contributed by atoms with Crippen LogP contribution in [0.4, 0.5) is 14.5 Å². The number of primary amides is 1. The summed E-state index contributed by atoms with van der Waals surface area (Å²) in [7, 11) is 0. The molecule has 0 saturated heterocycles. The minimum Gasteiger partial charge on any atom is -0.489 e. The number of nitrogens with one attached hydrogen (secondary N) is 1. The third-order valence-electron chi connectivity index (χ3n) is 4.60. The van der Waals surface area contributed by atoms with Crippen LogP contribution in [-0.2, 0) is 6.61 Å². The van der Waals surface area contributed by atoms with E-state index in [9.17, 15) is 23.7 Å². The van der Waals surface area contributed by atoms with Gasteiger partial charge in [-0.3, -0.25) is 20.0 Å². The number of halogens is 2. The van der Waals surface area contributed by atoms with Crippen molar-refractivity contribution in [2.45, 2.75) is 6.61 Å². The number of aromatic amines is 1. The number of nitrogens with two attached hydrogens (primary N) is 1. The van der Waals surface area contributed by atoms with Crippen molar-refractivity contribution in [3.8, 4) is 17.0 Å². The molecule has 4 rings (SSSR count). The van der Waals surface area contributed by atoms with E-state index in [2.05, 4.69) is 10.2 Å². The molecule has 1 aromatic heterocycles. The molecule has 31 heavy (non-hydrogen) atoms. The summed E-state index contributed by atoms with van der Waals surface area (Å²) in [5, 5.41) is 18.7. The van der Waals surface area contributed by atoms with Gasteiger partial charge in [-0.2, -0.15) is 5.10 Å². The number of non-ortho nitro benzene ring substituents is 1. The summed E-state index contributed by atoms with van der Waals surface area (Å²) < 4.78 is 32.4. The first-order valence-electron chi connectivity index (χ1n) is 8.96. The van der Waals surface area contributed by atoms with Crippen molar-refractivity contribution >= 4 is 22.5 Å². The summed E-state index contributed by atoms with van der Waals surface area (Å²) in [5.41, 5.74) is 6.62. The number of ether oxygens (including phenoxy) is 1. The molecule has 0 atom stereocenters. The number of hydrogen-bond donors (Lipinski definition) is 2. The van der Waals surface area contributed by atoms with E-state index >= 15 is 0 Å². The molecule has 3 aromatic carbocycles. The van der Waals surface area contributed by atoms with E-state index in [4.69, 9.17) is 10.5 Å². The minimum atomic E-state index is -0.762. The van der Waals surface area contributed by atoms with Gasteiger partial charge in [-0.05, 0) is 42.0 Å². The van der Waals surface area contributed by atoms with E-state index in [-0.39, 0.29) is 29.1 Å². The molecule has 8 nitrogen and oxygen atoms in total. The molecule has 1 heterocycles. The number of fused-ring (bicyclic) bond motifs is 1. The molecule has 0 saturated carbocycles. The van der Waals surface area contributed by atoms with E-state index in [1.54, 1.807) is 18.2 Å². The molecule has 0 aliphatic heterocycles. The highest BCUT2D eigenvalue weighted by molar-refractivity contribution is 6.04. The first-order chi connectivity index (χ1) is 14.8. The number of carbonyl (C=O) groups is 1. The van der Waals surface area contributed by atoms with Crippen molar-refractivity contribution in [2.24, 2.45) is 5.73 Å². The molecule has 4 aromatic rings. The van der Waals surface area contributed by atoms with Crippen LogP contribution in [0.15, 0.2) is 54.6 Å². The fourth-order valence-corrected chi connectivity index (χ4v) is 3.21. The Hall–Kier alpha value is -4.34. The maximum atomic E-state index is 13.4. The van der Waals surface area contributed by atoms with Crippen molar-refractivity contribution in [2.75, 3.05) is 0 Å². The van der Waals surface area contributed by atoms with Crippen LogP contribution in [0, 0.1) is 21.7 Å². The third kappa shape index (κ3) is 4.04. The maximum Gasteiger partial charge on any atom is 0.270 e.